The van der Waals surface area contributed by atoms with E-state index in [0.717, 1.165) is 18.4 Å². The van der Waals surface area contributed by atoms with Gasteiger partial charge < -0.3 is 18.9 Å². The fourth-order valence-electron chi connectivity index (χ4n) is 4.90. The van der Waals surface area contributed by atoms with Crippen molar-refractivity contribution in [1.82, 2.24) is 0 Å². The molecule has 1 aromatic rings. The molecular formula is C28H46O7S. The van der Waals surface area contributed by atoms with Gasteiger partial charge in [0.25, 0.3) is 10.1 Å². The number of hydrogen-bond acceptors (Lipinski definition) is 7. The van der Waals surface area contributed by atoms with Crippen LogP contribution in [0.25, 0.3) is 0 Å². The first kappa shape index (κ1) is 29.5. The van der Waals surface area contributed by atoms with Crippen LogP contribution in [0.4, 0.5) is 0 Å². The number of aryl methyl sites for hydroxylation is 1. The molecule has 0 N–H and O–H groups in total. The first-order chi connectivity index (χ1) is 17.1. The summed E-state index contributed by atoms with van der Waals surface area (Å²) in [5.74, 6) is -0.781. The molecule has 0 aromatic heterocycles. The maximum atomic E-state index is 12.8. The van der Waals surface area contributed by atoms with Gasteiger partial charge in [0.1, 0.15) is 24.4 Å². The molecular weight excluding hydrogens is 480 g/mol. The molecule has 36 heavy (non-hydrogen) atoms. The first-order valence-electron chi connectivity index (χ1n) is 13.8. The summed E-state index contributed by atoms with van der Waals surface area (Å²) in [6.45, 7) is 10.1. The fraction of sp³-hybridized carbons (Fsp3) is 0.786. The summed E-state index contributed by atoms with van der Waals surface area (Å²) in [5, 5.41) is 0. The second kappa shape index (κ2) is 13.7. The number of unbranched alkanes of at least 4 members (excludes halogenated alkanes) is 9. The summed E-state index contributed by atoms with van der Waals surface area (Å²) in [6.07, 6.45) is 9.58. The van der Waals surface area contributed by atoms with E-state index in [1.54, 1.807) is 31.2 Å². The molecule has 2 heterocycles. The summed E-state index contributed by atoms with van der Waals surface area (Å²) in [7, 11) is -3.95. The predicted octanol–water partition coefficient (Wildman–Crippen LogP) is 6.27. The van der Waals surface area contributed by atoms with Crippen molar-refractivity contribution >= 4 is 10.1 Å². The highest BCUT2D eigenvalue weighted by atomic mass is 32.2. The summed E-state index contributed by atoms with van der Waals surface area (Å²) in [6, 6.07) is 6.60. The Hall–Kier alpha value is -1.03. The molecule has 2 saturated heterocycles. The maximum Gasteiger partial charge on any atom is 0.297 e. The molecule has 0 aliphatic carbocycles. The Bertz CT molecular complexity index is 884. The molecule has 5 atom stereocenters. The quantitative estimate of drug-likeness (QED) is 0.185. The second-order valence-corrected chi connectivity index (χ2v) is 12.2. The minimum absolute atomic E-state index is 0.120. The molecule has 206 valence electrons. The Kier molecular flexibility index (Phi) is 11.2. The summed E-state index contributed by atoms with van der Waals surface area (Å²) in [5.41, 5.74) is 0.978. The van der Waals surface area contributed by atoms with E-state index in [4.69, 9.17) is 23.1 Å². The number of ether oxygens (including phenoxy) is 4. The molecule has 0 saturated carbocycles. The Morgan fingerprint density at radius 2 is 1.50 bits per heavy atom. The zero-order chi connectivity index (χ0) is 26.2. The minimum Gasteiger partial charge on any atom is -0.372 e. The van der Waals surface area contributed by atoms with Gasteiger partial charge in [-0.2, -0.15) is 8.42 Å². The SMILES string of the molecule is CCCCCCCCCCCCO[C@@H]1[C@H]2OC(C)(C)O[C@H]2O[C@@H]1[C@@H](C)OS(=O)(=O)c1ccc(C)cc1. The van der Waals surface area contributed by atoms with Gasteiger partial charge in [0.15, 0.2) is 12.1 Å². The molecule has 7 nitrogen and oxygen atoms in total. The highest BCUT2D eigenvalue weighted by molar-refractivity contribution is 7.86. The molecule has 0 radical (unpaired) electrons. The molecule has 0 spiro atoms. The lowest BCUT2D eigenvalue weighted by molar-refractivity contribution is -0.226. The van der Waals surface area contributed by atoms with Crippen LogP contribution in [0.3, 0.4) is 0 Å². The molecule has 3 rings (SSSR count). The van der Waals surface area contributed by atoms with Crippen LogP contribution in [0.5, 0.6) is 0 Å². The van der Waals surface area contributed by atoms with E-state index in [-0.39, 0.29) is 4.90 Å². The lowest BCUT2D eigenvalue weighted by Crippen LogP contribution is -2.43. The highest BCUT2D eigenvalue weighted by Crippen LogP contribution is 2.40. The average Bonchev–Trinajstić information content (AvgIpc) is 3.29. The largest absolute Gasteiger partial charge is 0.372 e. The lowest BCUT2D eigenvalue weighted by atomic mass is 10.1. The van der Waals surface area contributed by atoms with Gasteiger partial charge in [0, 0.05) is 6.61 Å². The van der Waals surface area contributed by atoms with Crippen molar-refractivity contribution < 1.29 is 31.5 Å². The van der Waals surface area contributed by atoms with Gasteiger partial charge in [-0.15, -0.1) is 0 Å². The Labute approximate surface area is 218 Å². The van der Waals surface area contributed by atoms with Crippen LogP contribution in [-0.4, -0.2) is 51.5 Å². The standard InChI is InChI=1S/C28H46O7S/c1-6-7-8-9-10-11-12-13-14-15-20-31-25-24(32-27-26(25)33-28(4,5)34-27)22(3)35-36(29,30)23-18-16-21(2)17-19-23/h16-19,22,24-27H,6-15,20H2,1-5H3/t22-,24-,25+,26-,27-/m1/s1. The monoisotopic (exact) mass is 526 g/mol. The van der Waals surface area contributed by atoms with E-state index in [9.17, 15) is 8.42 Å². The van der Waals surface area contributed by atoms with Gasteiger partial charge in [-0.05, 0) is 46.2 Å². The number of hydrogen-bond donors (Lipinski definition) is 0. The fourth-order valence-corrected chi connectivity index (χ4v) is 5.99. The summed E-state index contributed by atoms with van der Waals surface area (Å²) < 4.78 is 55.5. The Morgan fingerprint density at radius 1 is 0.917 bits per heavy atom. The molecule has 2 aliphatic rings. The lowest BCUT2D eigenvalue weighted by Gasteiger charge is -2.29. The number of benzene rings is 1. The van der Waals surface area contributed by atoms with Crippen molar-refractivity contribution in [3.63, 3.8) is 0 Å². The molecule has 1 aromatic carbocycles. The van der Waals surface area contributed by atoms with E-state index >= 15 is 0 Å². The maximum absolute atomic E-state index is 12.8. The summed E-state index contributed by atoms with van der Waals surface area (Å²) in [4.78, 5) is 0.120. The highest BCUT2D eigenvalue weighted by Gasteiger charge is 2.57. The molecule has 0 unspecified atom stereocenters. The van der Waals surface area contributed by atoms with Gasteiger partial charge in [0.05, 0.1) is 4.90 Å². The van der Waals surface area contributed by atoms with E-state index < -0.39 is 46.6 Å². The summed E-state index contributed by atoms with van der Waals surface area (Å²) >= 11 is 0. The van der Waals surface area contributed by atoms with Gasteiger partial charge in [-0.1, -0.05) is 82.4 Å². The Balaban J connectivity index is 1.49. The third-order valence-corrected chi connectivity index (χ3v) is 8.29. The van der Waals surface area contributed by atoms with Gasteiger partial charge in [0.2, 0.25) is 0 Å². The van der Waals surface area contributed by atoms with Crippen LogP contribution in [0.1, 0.15) is 97.5 Å². The van der Waals surface area contributed by atoms with Gasteiger partial charge in [-0.3, -0.25) is 4.18 Å². The van der Waals surface area contributed by atoms with Crippen LogP contribution >= 0.6 is 0 Å². The minimum atomic E-state index is -3.95. The van der Waals surface area contributed by atoms with Crippen LogP contribution in [0.2, 0.25) is 0 Å². The molecule has 0 amide bonds. The van der Waals surface area contributed by atoms with Gasteiger partial charge in [-0.25, -0.2) is 0 Å². The van der Waals surface area contributed by atoms with Crippen molar-refractivity contribution in [1.29, 1.82) is 0 Å². The number of fused-ring (bicyclic) bond motifs is 1. The molecule has 2 fully saturated rings. The van der Waals surface area contributed by atoms with Gasteiger partial charge >= 0.3 is 0 Å². The molecule has 0 bridgehead atoms. The second-order valence-electron chi connectivity index (χ2n) is 10.7. The smallest absolute Gasteiger partial charge is 0.297 e. The zero-order valence-electron chi connectivity index (χ0n) is 22.7. The van der Waals surface area contributed by atoms with Crippen molar-refractivity contribution in [2.45, 2.75) is 140 Å². The number of rotatable bonds is 16. The van der Waals surface area contributed by atoms with Crippen LogP contribution in [0.15, 0.2) is 29.2 Å². The Morgan fingerprint density at radius 3 is 2.11 bits per heavy atom. The van der Waals surface area contributed by atoms with Crippen molar-refractivity contribution in [3.05, 3.63) is 29.8 Å². The normalized spacial score (nSPS) is 26.2. The van der Waals surface area contributed by atoms with E-state index in [2.05, 4.69) is 6.92 Å². The van der Waals surface area contributed by atoms with Crippen molar-refractivity contribution in [2.24, 2.45) is 0 Å². The van der Waals surface area contributed by atoms with E-state index in [0.29, 0.717) is 6.61 Å². The van der Waals surface area contributed by atoms with Crippen molar-refractivity contribution in [2.75, 3.05) is 6.61 Å². The average molecular weight is 527 g/mol. The van der Waals surface area contributed by atoms with Crippen LogP contribution in [0, 0.1) is 6.92 Å². The van der Waals surface area contributed by atoms with Crippen molar-refractivity contribution in [3.8, 4) is 0 Å². The van der Waals surface area contributed by atoms with Crippen LogP contribution in [-0.2, 0) is 33.2 Å². The van der Waals surface area contributed by atoms with Crippen LogP contribution < -0.4 is 0 Å². The van der Waals surface area contributed by atoms with E-state index in [1.165, 1.54) is 51.4 Å². The third kappa shape index (κ3) is 8.50. The molecule has 2 aliphatic heterocycles. The van der Waals surface area contributed by atoms with E-state index in [1.807, 2.05) is 20.8 Å². The third-order valence-electron chi connectivity index (χ3n) is 6.89. The predicted molar refractivity (Wildman–Crippen MR) is 139 cm³/mol. The molecule has 8 heteroatoms. The zero-order valence-corrected chi connectivity index (χ0v) is 23.6. The topological polar surface area (TPSA) is 80.3 Å². The first-order valence-corrected chi connectivity index (χ1v) is 15.2.